The Hall–Kier alpha value is -2.44. The molecule has 0 spiro atoms. The third-order valence-electron chi connectivity index (χ3n) is 6.52. The molecule has 0 aliphatic rings. The number of rotatable bonds is 8. The molecule has 34 heavy (non-hydrogen) atoms. The van der Waals surface area contributed by atoms with Crippen molar-refractivity contribution in [1.82, 2.24) is 0 Å². The predicted molar refractivity (Wildman–Crippen MR) is 151 cm³/mol. The second-order valence-electron chi connectivity index (χ2n) is 10.7. The highest BCUT2D eigenvalue weighted by atomic mass is 31.1. The third-order valence-corrected chi connectivity index (χ3v) is 8.31. The standard InChI is InChI=1S/C31H40NOP/c1-8-9-17-31(7,27-20-25(30(4,5)6)19-23(3)29(27)33)34-28-16-15-22(2)18-24(28)21-32-26-13-11-10-12-14-26/h10-16,18-21,33-34H,8-9,17H2,1-7H3. The van der Waals surface area contributed by atoms with Gasteiger partial charge >= 0.3 is 0 Å². The van der Waals surface area contributed by atoms with Crippen LogP contribution < -0.4 is 5.30 Å². The summed E-state index contributed by atoms with van der Waals surface area (Å²) in [6.45, 7) is 15.5. The average molecular weight is 474 g/mol. The molecule has 2 atom stereocenters. The van der Waals surface area contributed by atoms with Crippen molar-refractivity contribution in [3.8, 4) is 5.75 Å². The molecule has 0 aliphatic carbocycles. The fraction of sp³-hybridized carbons (Fsp3) is 0.387. The summed E-state index contributed by atoms with van der Waals surface area (Å²) in [6.07, 6.45) is 5.29. The van der Waals surface area contributed by atoms with Gasteiger partial charge in [0.1, 0.15) is 5.75 Å². The van der Waals surface area contributed by atoms with Crippen LogP contribution in [0.4, 0.5) is 5.69 Å². The first kappa shape index (κ1) is 26.2. The quantitative estimate of drug-likeness (QED) is 0.258. The van der Waals surface area contributed by atoms with Gasteiger partial charge in [-0.2, -0.15) is 0 Å². The van der Waals surface area contributed by atoms with E-state index in [1.54, 1.807) is 0 Å². The van der Waals surface area contributed by atoms with Gasteiger partial charge in [0.2, 0.25) is 0 Å². The minimum Gasteiger partial charge on any atom is -0.507 e. The van der Waals surface area contributed by atoms with Gasteiger partial charge < -0.3 is 5.11 Å². The van der Waals surface area contributed by atoms with Crippen LogP contribution in [-0.4, -0.2) is 11.3 Å². The number of phenolic OH excluding ortho intramolecular Hbond substituents is 1. The second kappa shape index (κ2) is 10.9. The van der Waals surface area contributed by atoms with E-state index >= 15 is 0 Å². The van der Waals surface area contributed by atoms with Gasteiger partial charge in [-0.05, 0) is 60.3 Å². The Morgan fingerprint density at radius 2 is 1.65 bits per heavy atom. The van der Waals surface area contributed by atoms with Gasteiger partial charge in [0.05, 0.1) is 5.69 Å². The molecule has 180 valence electrons. The molecular formula is C31H40NOP. The number of aromatic hydroxyl groups is 1. The van der Waals surface area contributed by atoms with E-state index in [1.165, 1.54) is 16.4 Å². The zero-order valence-electron chi connectivity index (χ0n) is 21.9. The molecule has 2 nitrogen and oxygen atoms in total. The molecule has 0 saturated carbocycles. The van der Waals surface area contributed by atoms with Gasteiger partial charge in [0.25, 0.3) is 0 Å². The fourth-order valence-corrected chi connectivity index (χ4v) is 5.96. The first-order valence-corrected chi connectivity index (χ1v) is 13.4. The maximum Gasteiger partial charge on any atom is 0.122 e. The Kier molecular flexibility index (Phi) is 8.37. The number of hydrogen-bond acceptors (Lipinski definition) is 2. The van der Waals surface area contributed by atoms with Crippen LogP contribution in [0.5, 0.6) is 5.75 Å². The van der Waals surface area contributed by atoms with E-state index in [9.17, 15) is 5.11 Å². The number of benzene rings is 3. The summed E-state index contributed by atoms with van der Waals surface area (Å²) in [6, 6.07) is 21.2. The summed E-state index contributed by atoms with van der Waals surface area (Å²) < 4.78 is 0. The van der Waals surface area contributed by atoms with Crippen LogP contribution in [0.1, 0.15) is 81.7 Å². The summed E-state index contributed by atoms with van der Waals surface area (Å²) in [5.74, 6) is 0.450. The largest absolute Gasteiger partial charge is 0.507 e. The molecule has 0 amide bonds. The van der Waals surface area contributed by atoms with E-state index in [2.05, 4.69) is 71.9 Å². The van der Waals surface area contributed by atoms with Gasteiger partial charge in [0, 0.05) is 22.5 Å². The Morgan fingerprint density at radius 1 is 0.941 bits per heavy atom. The van der Waals surface area contributed by atoms with Crippen molar-refractivity contribution in [2.45, 2.75) is 78.3 Å². The highest BCUT2D eigenvalue weighted by molar-refractivity contribution is 7.48. The minimum absolute atomic E-state index is 0.0271. The highest BCUT2D eigenvalue weighted by Crippen LogP contribution is 2.50. The summed E-state index contributed by atoms with van der Waals surface area (Å²) in [5, 5.41) is 12.4. The molecule has 0 fully saturated rings. The van der Waals surface area contributed by atoms with E-state index in [-0.39, 0.29) is 10.6 Å². The molecule has 3 aromatic rings. The van der Waals surface area contributed by atoms with Gasteiger partial charge in [0.15, 0.2) is 0 Å². The van der Waals surface area contributed by atoms with Crippen LogP contribution in [0.15, 0.2) is 65.7 Å². The zero-order chi connectivity index (χ0) is 24.9. The van der Waals surface area contributed by atoms with Crippen LogP contribution in [0.3, 0.4) is 0 Å². The lowest BCUT2D eigenvalue weighted by atomic mass is 9.82. The number of hydrogen-bond donors (Lipinski definition) is 1. The van der Waals surface area contributed by atoms with Crippen LogP contribution in [0.2, 0.25) is 0 Å². The third kappa shape index (κ3) is 6.36. The monoisotopic (exact) mass is 473 g/mol. The average Bonchev–Trinajstić information content (AvgIpc) is 2.79. The minimum atomic E-state index is -0.156. The molecule has 0 saturated heterocycles. The molecule has 3 heteroatoms. The van der Waals surface area contributed by atoms with E-state index in [0.717, 1.165) is 41.6 Å². The molecule has 0 aliphatic heterocycles. The van der Waals surface area contributed by atoms with Crippen LogP contribution in [0.25, 0.3) is 0 Å². The van der Waals surface area contributed by atoms with Crippen molar-refractivity contribution < 1.29 is 5.11 Å². The van der Waals surface area contributed by atoms with Crippen molar-refractivity contribution >= 4 is 25.8 Å². The van der Waals surface area contributed by atoms with Crippen molar-refractivity contribution in [1.29, 1.82) is 0 Å². The van der Waals surface area contributed by atoms with Crippen LogP contribution in [-0.2, 0) is 10.6 Å². The van der Waals surface area contributed by atoms with Crippen molar-refractivity contribution in [3.63, 3.8) is 0 Å². The van der Waals surface area contributed by atoms with E-state index in [0.29, 0.717) is 14.3 Å². The van der Waals surface area contributed by atoms with Gasteiger partial charge in [-0.25, -0.2) is 0 Å². The lowest BCUT2D eigenvalue weighted by Crippen LogP contribution is -2.23. The summed E-state index contributed by atoms with van der Waals surface area (Å²) in [7, 11) is 0.520. The normalized spacial score (nSPS) is 14.2. The lowest BCUT2D eigenvalue weighted by molar-refractivity contribution is 0.445. The fourth-order valence-electron chi connectivity index (χ4n) is 4.29. The van der Waals surface area contributed by atoms with Gasteiger partial charge in [-0.15, -0.1) is 0 Å². The molecule has 0 bridgehead atoms. The summed E-state index contributed by atoms with van der Waals surface area (Å²) >= 11 is 0. The molecule has 0 heterocycles. The maximum absolute atomic E-state index is 11.2. The number of phenols is 1. The number of aliphatic imine (C=N–C) groups is 1. The molecule has 0 radical (unpaired) electrons. The Labute approximate surface area is 208 Å². The Balaban J connectivity index is 2.09. The number of aryl methyl sites for hydroxylation is 2. The summed E-state index contributed by atoms with van der Waals surface area (Å²) in [4.78, 5) is 4.75. The summed E-state index contributed by atoms with van der Waals surface area (Å²) in [5.41, 5.74) is 6.69. The highest BCUT2D eigenvalue weighted by Gasteiger charge is 2.32. The van der Waals surface area contributed by atoms with Crippen LogP contribution >= 0.6 is 8.58 Å². The first-order chi connectivity index (χ1) is 16.0. The van der Waals surface area contributed by atoms with Gasteiger partial charge in [-0.3, -0.25) is 4.99 Å². The predicted octanol–water partition coefficient (Wildman–Crippen LogP) is 8.47. The van der Waals surface area contributed by atoms with Crippen molar-refractivity contribution in [2.24, 2.45) is 4.99 Å². The molecule has 3 rings (SSSR count). The van der Waals surface area contributed by atoms with Gasteiger partial charge in [-0.1, -0.05) is 104 Å². The van der Waals surface area contributed by atoms with Crippen LogP contribution in [0, 0.1) is 13.8 Å². The first-order valence-electron chi connectivity index (χ1n) is 12.4. The smallest absolute Gasteiger partial charge is 0.122 e. The number of unbranched alkanes of at least 4 members (excludes halogenated alkanes) is 1. The Morgan fingerprint density at radius 3 is 2.29 bits per heavy atom. The molecule has 3 aromatic carbocycles. The SMILES string of the molecule is CCCCC(C)(Pc1ccc(C)cc1C=Nc1ccccc1)c1cc(C(C)(C)C)cc(C)c1O. The molecular weight excluding hydrogens is 433 g/mol. The number of para-hydroxylation sites is 1. The lowest BCUT2D eigenvalue weighted by Gasteiger charge is -2.34. The molecule has 2 unspecified atom stereocenters. The second-order valence-corrected chi connectivity index (χ2v) is 12.6. The Bertz CT molecular complexity index is 1140. The topological polar surface area (TPSA) is 32.6 Å². The molecule has 0 aromatic heterocycles. The van der Waals surface area contributed by atoms with Crippen molar-refractivity contribution in [2.75, 3.05) is 0 Å². The maximum atomic E-state index is 11.2. The molecule has 1 N–H and O–H groups in total. The van der Waals surface area contributed by atoms with Crippen molar-refractivity contribution in [3.05, 3.63) is 88.5 Å². The number of nitrogens with zero attached hydrogens (tertiary/aromatic N) is 1. The van der Waals surface area contributed by atoms with E-state index in [1.807, 2.05) is 43.5 Å². The van der Waals surface area contributed by atoms with E-state index < -0.39 is 0 Å². The van der Waals surface area contributed by atoms with E-state index in [4.69, 9.17) is 4.99 Å². The zero-order valence-corrected chi connectivity index (χ0v) is 22.9.